The zero-order valence-corrected chi connectivity index (χ0v) is 19.7. The first-order chi connectivity index (χ1) is 16.9. The number of nitriles is 1. The van der Waals surface area contributed by atoms with Gasteiger partial charge in [0.2, 0.25) is 0 Å². The molecule has 1 aliphatic heterocycles. The zero-order valence-electron chi connectivity index (χ0n) is 19.7. The highest BCUT2D eigenvalue weighted by Crippen LogP contribution is 2.50. The summed E-state index contributed by atoms with van der Waals surface area (Å²) < 4.78 is 1.28. The van der Waals surface area contributed by atoms with Gasteiger partial charge >= 0.3 is 6.03 Å². The third kappa shape index (κ3) is 3.46. The summed E-state index contributed by atoms with van der Waals surface area (Å²) >= 11 is 0. The topological polar surface area (TPSA) is 107 Å². The second-order valence-corrected chi connectivity index (χ2v) is 8.80. The Morgan fingerprint density at radius 1 is 1.20 bits per heavy atom. The van der Waals surface area contributed by atoms with Crippen LogP contribution in [0.2, 0.25) is 0 Å². The van der Waals surface area contributed by atoms with Gasteiger partial charge < -0.3 is 10.2 Å². The molecule has 5 rings (SSSR count). The van der Waals surface area contributed by atoms with Gasteiger partial charge in [0.05, 0.1) is 18.1 Å². The number of carbonyl (C=O) groups excluding carboxylic acids is 2. The molecule has 9 heteroatoms. The van der Waals surface area contributed by atoms with Gasteiger partial charge in [-0.3, -0.25) is 9.69 Å². The average Bonchev–Trinajstić information content (AvgIpc) is 3.40. The molecule has 3 aromatic rings. The van der Waals surface area contributed by atoms with E-state index in [2.05, 4.69) is 28.0 Å². The molecule has 0 radical (unpaired) electrons. The van der Waals surface area contributed by atoms with E-state index in [0.717, 1.165) is 36.1 Å². The molecule has 1 N–H and O–H groups in total. The summed E-state index contributed by atoms with van der Waals surface area (Å²) in [5, 5.41) is 16.1. The van der Waals surface area contributed by atoms with Crippen LogP contribution in [-0.2, 0) is 4.79 Å². The highest BCUT2D eigenvalue weighted by molar-refractivity contribution is 6.10. The van der Waals surface area contributed by atoms with Crippen LogP contribution in [0.5, 0.6) is 0 Å². The van der Waals surface area contributed by atoms with E-state index in [0.29, 0.717) is 29.3 Å². The molecule has 2 aromatic heterocycles. The lowest BCUT2D eigenvalue weighted by Crippen LogP contribution is -2.54. The fourth-order valence-corrected chi connectivity index (χ4v) is 4.80. The summed E-state index contributed by atoms with van der Waals surface area (Å²) in [6.45, 7) is 8.46. The first-order valence-electron chi connectivity index (χ1n) is 11.5. The van der Waals surface area contributed by atoms with Gasteiger partial charge in [-0.15, -0.1) is 0 Å². The van der Waals surface area contributed by atoms with Gasteiger partial charge in [-0.25, -0.2) is 9.78 Å². The molecular formula is C26H25N7O2. The highest BCUT2D eigenvalue weighted by atomic mass is 16.2. The minimum absolute atomic E-state index is 0.0213. The van der Waals surface area contributed by atoms with Gasteiger partial charge in [-0.05, 0) is 62.4 Å². The van der Waals surface area contributed by atoms with E-state index in [1.807, 2.05) is 43.0 Å². The quantitative estimate of drug-likeness (QED) is 0.623. The maximum atomic E-state index is 13.7. The van der Waals surface area contributed by atoms with E-state index >= 15 is 0 Å². The minimum atomic E-state index is -0.663. The van der Waals surface area contributed by atoms with Crippen LogP contribution in [0.3, 0.4) is 0 Å². The molecule has 3 heterocycles. The highest BCUT2D eigenvalue weighted by Gasteiger charge is 2.58. The van der Waals surface area contributed by atoms with Gasteiger partial charge in [-0.2, -0.15) is 15.0 Å². The van der Waals surface area contributed by atoms with E-state index in [1.54, 1.807) is 29.6 Å². The Kier molecular flexibility index (Phi) is 5.36. The number of hydrogen-bond acceptors (Lipinski definition) is 6. The maximum Gasteiger partial charge on any atom is 0.342 e. The van der Waals surface area contributed by atoms with Crippen LogP contribution >= 0.6 is 0 Å². The summed E-state index contributed by atoms with van der Waals surface area (Å²) in [6.07, 6.45) is 7.34. The Morgan fingerprint density at radius 3 is 2.54 bits per heavy atom. The number of aryl methyl sites for hydroxylation is 1. The molecule has 0 bridgehead atoms. The van der Waals surface area contributed by atoms with Crippen molar-refractivity contribution in [1.82, 2.24) is 20.1 Å². The molecule has 9 nitrogen and oxygen atoms in total. The van der Waals surface area contributed by atoms with E-state index in [1.165, 1.54) is 4.68 Å². The number of amides is 2. The molecule has 0 unspecified atom stereocenters. The molecule has 2 amide bonds. The van der Waals surface area contributed by atoms with Gasteiger partial charge in [0.15, 0.2) is 0 Å². The third-order valence-electron chi connectivity index (χ3n) is 6.73. The van der Waals surface area contributed by atoms with Crippen LogP contribution in [0.15, 0.2) is 61.3 Å². The van der Waals surface area contributed by atoms with Crippen molar-refractivity contribution in [2.45, 2.75) is 38.6 Å². The van der Waals surface area contributed by atoms with Crippen molar-refractivity contribution in [3.05, 3.63) is 72.6 Å². The Labute approximate surface area is 203 Å². The number of hydrogen-bond donors (Lipinski definition) is 1. The van der Waals surface area contributed by atoms with Gasteiger partial charge in [0, 0.05) is 24.0 Å². The minimum Gasteiger partial charge on any atom is -0.336 e. The van der Waals surface area contributed by atoms with Crippen LogP contribution in [-0.4, -0.2) is 38.8 Å². The fraction of sp³-hybridized carbons (Fsp3) is 0.269. The standard InChI is InChI=1S/C26H25N7O2/c1-4-28-25(35)31-16-20(14-30-31)19-6-8-21(9-7-19)33-18(3)32(24(34)26(33)10-5-11-26)22-12-17(2)23(13-27)29-15-22/h6-9,12,14-16H,3-5,10-11H2,1-2H3,(H,28,35). The van der Waals surface area contributed by atoms with Crippen LogP contribution in [0.4, 0.5) is 16.2 Å². The largest absolute Gasteiger partial charge is 0.342 e. The number of aromatic nitrogens is 3. The van der Waals surface area contributed by atoms with E-state index in [-0.39, 0.29) is 11.9 Å². The summed E-state index contributed by atoms with van der Waals surface area (Å²) in [5.41, 5.74) is 3.59. The first-order valence-corrected chi connectivity index (χ1v) is 11.5. The number of pyridine rings is 1. The molecule has 1 saturated heterocycles. The summed E-state index contributed by atoms with van der Waals surface area (Å²) in [7, 11) is 0. The maximum absolute atomic E-state index is 13.7. The Morgan fingerprint density at radius 2 is 1.94 bits per heavy atom. The van der Waals surface area contributed by atoms with Crippen LogP contribution in [0.25, 0.3) is 11.1 Å². The third-order valence-corrected chi connectivity index (χ3v) is 6.73. The molecule has 1 aliphatic carbocycles. The second-order valence-electron chi connectivity index (χ2n) is 8.80. The number of carbonyl (C=O) groups is 2. The smallest absolute Gasteiger partial charge is 0.336 e. The first kappa shape index (κ1) is 22.3. The molecule has 35 heavy (non-hydrogen) atoms. The fourth-order valence-electron chi connectivity index (χ4n) is 4.80. The number of anilines is 2. The van der Waals surface area contributed by atoms with Crippen molar-refractivity contribution in [2.24, 2.45) is 0 Å². The Bertz CT molecular complexity index is 1380. The van der Waals surface area contributed by atoms with Crippen LogP contribution < -0.4 is 15.1 Å². The lowest BCUT2D eigenvalue weighted by atomic mass is 9.75. The van der Waals surface area contributed by atoms with Crippen LogP contribution in [0, 0.1) is 18.3 Å². The zero-order chi connectivity index (χ0) is 24.7. The predicted molar refractivity (Wildman–Crippen MR) is 132 cm³/mol. The molecule has 1 spiro atoms. The number of nitrogens with one attached hydrogen (secondary N) is 1. The molecule has 2 fully saturated rings. The van der Waals surface area contributed by atoms with E-state index in [9.17, 15) is 14.9 Å². The van der Waals surface area contributed by atoms with Crippen molar-refractivity contribution in [2.75, 3.05) is 16.3 Å². The lowest BCUT2D eigenvalue weighted by molar-refractivity contribution is -0.123. The van der Waals surface area contributed by atoms with Crippen molar-refractivity contribution in [1.29, 1.82) is 5.26 Å². The lowest BCUT2D eigenvalue weighted by Gasteiger charge is -2.43. The van der Waals surface area contributed by atoms with Crippen LogP contribution in [0.1, 0.15) is 37.4 Å². The average molecular weight is 468 g/mol. The normalized spacial score (nSPS) is 16.4. The van der Waals surface area contributed by atoms with Crippen molar-refractivity contribution >= 4 is 23.3 Å². The molecule has 2 aliphatic rings. The van der Waals surface area contributed by atoms with Crippen molar-refractivity contribution < 1.29 is 9.59 Å². The molecular weight excluding hydrogens is 442 g/mol. The van der Waals surface area contributed by atoms with Crippen molar-refractivity contribution in [3.63, 3.8) is 0 Å². The molecule has 176 valence electrons. The Hall–Kier alpha value is -4.45. The van der Waals surface area contributed by atoms with Gasteiger partial charge in [-0.1, -0.05) is 18.7 Å². The van der Waals surface area contributed by atoms with Gasteiger partial charge in [0.25, 0.3) is 5.91 Å². The summed E-state index contributed by atoms with van der Waals surface area (Å²) in [6, 6.07) is 11.4. The number of nitrogens with zero attached hydrogens (tertiary/aromatic N) is 6. The molecule has 0 atom stereocenters. The molecule has 1 aromatic carbocycles. The van der Waals surface area contributed by atoms with E-state index in [4.69, 9.17) is 0 Å². The van der Waals surface area contributed by atoms with Gasteiger partial charge in [0.1, 0.15) is 23.1 Å². The Balaban J connectivity index is 1.46. The second kappa shape index (κ2) is 8.40. The molecule has 1 saturated carbocycles. The SMILES string of the molecule is C=C1N(c2cnc(C#N)c(C)c2)C(=O)C2(CCC2)N1c1ccc(-c2cnn(C(=O)NCC)c2)cc1. The summed E-state index contributed by atoms with van der Waals surface area (Å²) in [5.74, 6) is 0.546. The van der Waals surface area contributed by atoms with Crippen molar-refractivity contribution in [3.8, 4) is 17.2 Å². The number of rotatable bonds is 4. The summed E-state index contributed by atoms with van der Waals surface area (Å²) in [4.78, 5) is 33.5. The van der Waals surface area contributed by atoms with E-state index < -0.39 is 5.54 Å². The monoisotopic (exact) mass is 467 g/mol. The number of benzene rings is 1. The predicted octanol–water partition coefficient (Wildman–Crippen LogP) is 3.95.